The Bertz CT molecular complexity index is 222. The van der Waals surface area contributed by atoms with E-state index in [1.807, 2.05) is 6.08 Å². The highest BCUT2D eigenvalue weighted by molar-refractivity contribution is 4.88. The Morgan fingerprint density at radius 2 is 1.09 bits per heavy atom. The lowest BCUT2D eigenvalue weighted by Crippen LogP contribution is -2.01. The van der Waals surface area contributed by atoms with Crippen molar-refractivity contribution in [2.45, 2.75) is 123 Å². The summed E-state index contributed by atoms with van der Waals surface area (Å²) in [4.78, 5) is 0. The van der Waals surface area contributed by atoms with Gasteiger partial charge in [-0.3, -0.25) is 0 Å². The van der Waals surface area contributed by atoms with Crippen molar-refractivity contribution in [3.8, 4) is 0 Å². The van der Waals surface area contributed by atoms with E-state index in [2.05, 4.69) is 19.9 Å². The molecule has 1 atom stereocenters. The number of hydrogen-bond donors (Lipinski definition) is 1. The Kier molecular flexibility index (Phi) is 18.5. The molecule has 132 valence electrons. The van der Waals surface area contributed by atoms with Crippen molar-refractivity contribution in [2.75, 3.05) is 0 Å². The van der Waals surface area contributed by atoms with Crippen molar-refractivity contribution in [1.29, 1.82) is 0 Å². The molecule has 0 aliphatic heterocycles. The molecule has 0 aromatic carbocycles. The first-order valence-corrected chi connectivity index (χ1v) is 10.2. The van der Waals surface area contributed by atoms with E-state index in [9.17, 15) is 5.11 Å². The minimum atomic E-state index is -0.208. The zero-order valence-corrected chi connectivity index (χ0v) is 15.5. The van der Waals surface area contributed by atoms with Crippen molar-refractivity contribution in [1.82, 2.24) is 0 Å². The van der Waals surface area contributed by atoms with Gasteiger partial charge in [-0.05, 0) is 19.3 Å². The Morgan fingerprint density at radius 3 is 1.64 bits per heavy atom. The van der Waals surface area contributed by atoms with E-state index in [0.29, 0.717) is 0 Å². The Balaban J connectivity index is 3.20. The minimum Gasteiger partial charge on any atom is -0.389 e. The molecule has 0 heterocycles. The van der Waals surface area contributed by atoms with Crippen molar-refractivity contribution >= 4 is 0 Å². The highest BCUT2D eigenvalue weighted by Crippen LogP contribution is 2.12. The van der Waals surface area contributed by atoms with Gasteiger partial charge in [-0.2, -0.15) is 0 Å². The maximum atomic E-state index is 9.89. The summed E-state index contributed by atoms with van der Waals surface area (Å²) in [5, 5.41) is 9.89. The fourth-order valence-corrected chi connectivity index (χ4v) is 2.88. The lowest BCUT2D eigenvalue weighted by Gasteiger charge is -2.06. The molecule has 0 aliphatic carbocycles. The van der Waals surface area contributed by atoms with Crippen LogP contribution in [0.1, 0.15) is 117 Å². The molecule has 0 aromatic heterocycles. The lowest BCUT2D eigenvalue weighted by molar-refractivity contribution is 0.207. The van der Waals surface area contributed by atoms with Gasteiger partial charge in [0.25, 0.3) is 0 Å². The smallest absolute Gasteiger partial charge is 0.0720 e. The van der Waals surface area contributed by atoms with Crippen LogP contribution in [-0.2, 0) is 0 Å². The molecule has 1 N–H and O–H groups in total. The molecule has 0 fully saturated rings. The second-order valence-corrected chi connectivity index (χ2v) is 6.82. The van der Waals surface area contributed by atoms with Gasteiger partial charge < -0.3 is 5.11 Å². The van der Waals surface area contributed by atoms with Gasteiger partial charge in [-0.1, -0.05) is 109 Å². The SMILES string of the molecule is CCCCCC/C=C/C(O)CCCCCCCCCCCC. The number of aliphatic hydroxyl groups excluding tert-OH is 1. The second-order valence-electron chi connectivity index (χ2n) is 6.82. The third-order valence-corrected chi connectivity index (χ3v) is 4.44. The van der Waals surface area contributed by atoms with E-state index in [0.717, 1.165) is 12.8 Å². The standard InChI is InChI=1S/C21H42O/c1-3-5-7-9-11-12-13-14-16-18-20-21(22)19-17-15-10-8-6-4-2/h17,19,21-22H,3-16,18,20H2,1-2H3/b19-17+. The van der Waals surface area contributed by atoms with Crippen molar-refractivity contribution < 1.29 is 5.11 Å². The number of rotatable bonds is 17. The maximum absolute atomic E-state index is 9.89. The van der Waals surface area contributed by atoms with Crippen LogP contribution in [0.25, 0.3) is 0 Å². The minimum absolute atomic E-state index is 0.208. The van der Waals surface area contributed by atoms with Crippen LogP contribution in [0.2, 0.25) is 0 Å². The molecular formula is C21H42O. The number of hydrogen-bond acceptors (Lipinski definition) is 1. The molecule has 0 aromatic rings. The van der Waals surface area contributed by atoms with Crippen LogP contribution in [0, 0.1) is 0 Å². The van der Waals surface area contributed by atoms with Crippen LogP contribution in [0.4, 0.5) is 0 Å². The van der Waals surface area contributed by atoms with Crippen molar-refractivity contribution in [3.63, 3.8) is 0 Å². The highest BCUT2D eigenvalue weighted by Gasteiger charge is 1.99. The van der Waals surface area contributed by atoms with Crippen LogP contribution < -0.4 is 0 Å². The Labute approximate surface area is 140 Å². The lowest BCUT2D eigenvalue weighted by atomic mass is 10.0. The third kappa shape index (κ3) is 17.8. The fourth-order valence-electron chi connectivity index (χ4n) is 2.88. The average molecular weight is 311 g/mol. The third-order valence-electron chi connectivity index (χ3n) is 4.44. The van der Waals surface area contributed by atoms with E-state index in [-0.39, 0.29) is 6.10 Å². The number of allylic oxidation sites excluding steroid dienone is 1. The van der Waals surface area contributed by atoms with Gasteiger partial charge >= 0.3 is 0 Å². The quantitative estimate of drug-likeness (QED) is 0.223. The fraction of sp³-hybridized carbons (Fsp3) is 0.905. The van der Waals surface area contributed by atoms with Gasteiger partial charge in [0.2, 0.25) is 0 Å². The van der Waals surface area contributed by atoms with Gasteiger partial charge in [0.05, 0.1) is 6.10 Å². The molecule has 0 rings (SSSR count). The first-order chi connectivity index (χ1) is 10.8. The number of unbranched alkanes of at least 4 members (excludes halogenated alkanes) is 13. The first-order valence-electron chi connectivity index (χ1n) is 10.2. The van der Waals surface area contributed by atoms with Gasteiger partial charge in [-0.15, -0.1) is 0 Å². The summed E-state index contributed by atoms with van der Waals surface area (Å²) in [6.45, 7) is 4.52. The Morgan fingerprint density at radius 1 is 0.636 bits per heavy atom. The van der Waals surface area contributed by atoms with Crippen LogP contribution >= 0.6 is 0 Å². The predicted molar refractivity (Wildman–Crippen MR) is 100 cm³/mol. The largest absolute Gasteiger partial charge is 0.389 e. The van der Waals surface area contributed by atoms with E-state index in [4.69, 9.17) is 0 Å². The molecule has 0 aliphatic rings. The molecule has 1 nitrogen and oxygen atoms in total. The number of aliphatic hydroxyl groups is 1. The molecule has 0 saturated carbocycles. The zero-order chi connectivity index (χ0) is 16.3. The molecule has 0 bridgehead atoms. The van der Waals surface area contributed by atoms with Gasteiger partial charge in [0.15, 0.2) is 0 Å². The van der Waals surface area contributed by atoms with Crippen LogP contribution in [0.3, 0.4) is 0 Å². The molecule has 0 spiro atoms. The van der Waals surface area contributed by atoms with Crippen molar-refractivity contribution in [2.24, 2.45) is 0 Å². The molecule has 1 unspecified atom stereocenters. The van der Waals surface area contributed by atoms with Crippen LogP contribution in [-0.4, -0.2) is 11.2 Å². The van der Waals surface area contributed by atoms with E-state index in [1.54, 1.807) is 0 Å². The van der Waals surface area contributed by atoms with Gasteiger partial charge in [0, 0.05) is 0 Å². The first kappa shape index (κ1) is 21.7. The molecular weight excluding hydrogens is 268 g/mol. The summed E-state index contributed by atoms with van der Waals surface area (Å²) < 4.78 is 0. The second kappa shape index (κ2) is 18.7. The average Bonchev–Trinajstić information content (AvgIpc) is 2.52. The van der Waals surface area contributed by atoms with Crippen molar-refractivity contribution in [3.05, 3.63) is 12.2 Å². The Hall–Kier alpha value is -0.300. The molecule has 0 amide bonds. The van der Waals surface area contributed by atoms with Gasteiger partial charge in [0.1, 0.15) is 0 Å². The molecule has 1 heteroatoms. The molecule has 0 saturated heterocycles. The highest BCUT2D eigenvalue weighted by atomic mass is 16.3. The zero-order valence-electron chi connectivity index (χ0n) is 15.5. The van der Waals surface area contributed by atoms with Crippen LogP contribution in [0.15, 0.2) is 12.2 Å². The van der Waals surface area contributed by atoms with E-state index < -0.39 is 0 Å². The van der Waals surface area contributed by atoms with Crippen LogP contribution in [0.5, 0.6) is 0 Å². The summed E-state index contributed by atoms with van der Waals surface area (Å²) in [7, 11) is 0. The van der Waals surface area contributed by atoms with E-state index >= 15 is 0 Å². The predicted octanol–water partition coefficient (Wildman–Crippen LogP) is 7.18. The monoisotopic (exact) mass is 310 g/mol. The van der Waals surface area contributed by atoms with Gasteiger partial charge in [-0.25, -0.2) is 0 Å². The maximum Gasteiger partial charge on any atom is 0.0720 e. The normalized spacial score (nSPS) is 13.0. The summed E-state index contributed by atoms with van der Waals surface area (Å²) in [5.74, 6) is 0. The molecule has 0 radical (unpaired) electrons. The molecule has 22 heavy (non-hydrogen) atoms. The summed E-state index contributed by atoms with van der Waals surface area (Å²) in [6.07, 6.45) is 24.9. The summed E-state index contributed by atoms with van der Waals surface area (Å²) in [6, 6.07) is 0. The summed E-state index contributed by atoms with van der Waals surface area (Å²) >= 11 is 0. The van der Waals surface area contributed by atoms with E-state index in [1.165, 1.54) is 89.9 Å². The topological polar surface area (TPSA) is 20.2 Å². The summed E-state index contributed by atoms with van der Waals surface area (Å²) in [5.41, 5.74) is 0.